The van der Waals surface area contributed by atoms with Crippen LogP contribution in [-0.4, -0.2) is 19.5 Å². The molecule has 0 aliphatic rings. The maximum Gasteiger partial charge on any atom is 0.151 e. The van der Waals surface area contributed by atoms with Crippen molar-refractivity contribution >= 4 is 16.9 Å². The molecule has 1 N–H and O–H groups in total. The van der Waals surface area contributed by atoms with Gasteiger partial charge in [-0.3, -0.25) is 4.57 Å². The van der Waals surface area contributed by atoms with Crippen molar-refractivity contribution in [3.8, 4) is 5.82 Å². The third-order valence-corrected chi connectivity index (χ3v) is 4.47. The summed E-state index contributed by atoms with van der Waals surface area (Å²) in [5.74, 6) is 1.72. The lowest BCUT2D eigenvalue weighted by Crippen LogP contribution is -2.03. The Morgan fingerprint density at radius 3 is 2.48 bits per heavy atom. The van der Waals surface area contributed by atoms with Gasteiger partial charge in [0.2, 0.25) is 0 Å². The lowest BCUT2D eigenvalue weighted by atomic mass is 10.2. The Bertz CT molecular complexity index is 1010. The molecule has 0 aliphatic heterocycles. The number of hydrogen-bond acceptors (Lipinski definition) is 4. The molecule has 0 fully saturated rings. The van der Waals surface area contributed by atoms with Crippen molar-refractivity contribution < 1.29 is 0 Å². The third-order valence-electron chi connectivity index (χ3n) is 4.47. The maximum absolute atomic E-state index is 4.53. The Kier molecular flexibility index (Phi) is 3.90. The highest BCUT2D eigenvalue weighted by Crippen LogP contribution is 2.30. The number of nitrogens with one attached hydrogen (secondary N) is 1. The van der Waals surface area contributed by atoms with Gasteiger partial charge in [-0.2, -0.15) is 0 Å². The fourth-order valence-corrected chi connectivity index (χ4v) is 3.08. The molecule has 0 amide bonds. The van der Waals surface area contributed by atoms with Crippen molar-refractivity contribution in [3.05, 3.63) is 77.9 Å². The predicted octanol–water partition coefficient (Wildman–Crippen LogP) is 4.04. The molecule has 124 valence electrons. The molecule has 1 aromatic carbocycles. The molecule has 0 unspecified atom stereocenters. The van der Waals surface area contributed by atoms with Crippen LogP contribution in [0, 0.1) is 13.8 Å². The normalized spacial score (nSPS) is 11.0. The molecule has 5 nitrogen and oxygen atoms in total. The van der Waals surface area contributed by atoms with Crippen LogP contribution in [0.25, 0.3) is 16.9 Å². The van der Waals surface area contributed by atoms with Crippen LogP contribution in [-0.2, 0) is 6.54 Å². The smallest absolute Gasteiger partial charge is 0.151 e. The lowest BCUT2D eigenvalue weighted by Gasteiger charge is -2.08. The standard InChI is InChI=1S/C20H19N5/c1-14-15(2)25(17-10-6-7-11-21-17)20-18(14)19(23-13-24-20)22-12-16-8-4-3-5-9-16/h3-11,13H,12H2,1-2H3,(H,22,23,24). The molecule has 25 heavy (non-hydrogen) atoms. The summed E-state index contributed by atoms with van der Waals surface area (Å²) in [4.78, 5) is 13.5. The van der Waals surface area contributed by atoms with Gasteiger partial charge in [-0.05, 0) is 37.1 Å². The van der Waals surface area contributed by atoms with Crippen molar-refractivity contribution in [3.63, 3.8) is 0 Å². The van der Waals surface area contributed by atoms with E-state index in [0.29, 0.717) is 0 Å². The van der Waals surface area contributed by atoms with Crippen LogP contribution in [0.1, 0.15) is 16.8 Å². The van der Waals surface area contributed by atoms with E-state index in [-0.39, 0.29) is 0 Å². The third kappa shape index (κ3) is 2.74. The van der Waals surface area contributed by atoms with Gasteiger partial charge in [-0.1, -0.05) is 36.4 Å². The fourth-order valence-electron chi connectivity index (χ4n) is 3.08. The van der Waals surface area contributed by atoms with E-state index in [2.05, 4.69) is 50.8 Å². The summed E-state index contributed by atoms with van der Waals surface area (Å²) in [6.45, 7) is 4.92. The minimum Gasteiger partial charge on any atom is -0.365 e. The van der Waals surface area contributed by atoms with Crippen LogP contribution in [0.3, 0.4) is 0 Å². The van der Waals surface area contributed by atoms with Crippen molar-refractivity contribution in [2.24, 2.45) is 0 Å². The zero-order valence-corrected chi connectivity index (χ0v) is 14.3. The summed E-state index contributed by atoms with van der Waals surface area (Å²) >= 11 is 0. The monoisotopic (exact) mass is 329 g/mol. The van der Waals surface area contributed by atoms with E-state index < -0.39 is 0 Å². The van der Waals surface area contributed by atoms with Gasteiger partial charge in [-0.25, -0.2) is 15.0 Å². The minimum absolute atomic E-state index is 0.722. The molecule has 3 aromatic heterocycles. The zero-order chi connectivity index (χ0) is 17.2. The Morgan fingerprint density at radius 2 is 1.72 bits per heavy atom. The van der Waals surface area contributed by atoms with Crippen molar-refractivity contribution in [1.29, 1.82) is 0 Å². The fraction of sp³-hybridized carbons (Fsp3) is 0.150. The number of hydrogen-bond donors (Lipinski definition) is 1. The Morgan fingerprint density at radius 1 is 0.920 bits per heavy atom. The number of anilines is 1. The topological polar surface area (TPSA) is 55.6 Å². The van der Waals surface area contributed by atoms with Gasteiger partial charge in [0.05, 0.1) is 5.39 Å². The van der Waals surface area contributed by atoms with Crippen molar-refractivity contribution in [1.82, 2.24) is 19.5 Å². The van der Waals surface area contributed by atoms with E-state index in [1.165, 1.54) is 5.56 Å². The molecule has 0 bridgehead atoms. The van der Waals surface area contributed by atoms with E-state index in [1.807, 2.05) is 36.4 Å². The SMILES string of the molecule is Cc1c(C)n(-c2ccccn2)c2ncnc(NCc3ccccc3)c12. The second-order valence-corrected chi connectivity index (χ2v) is 5.99. The Hall–Kier alpha value is -3.21. The predicted molar refractivity (Wildman–Crippen MR) is 99.9 cm³/mol. The summed E-state index contributed by atoms with van der Waals surface area (Å²) in [6, 6.07) is 16.2. The number of aryl methyl sites for hydroxylation is 1. The van der Waals surface area contributed by atoms with E-state index in [9.17, 15) is 0 Å². The average molecular weight is 329 g/mol. The molecule has 3 heterocycles. The van der Waals surface area contributed by atoms with Crippen LogP contribution >= 0.6 is 0 Å². The van der Waals surface area contributed by atoms with Gasteiger partial charge in [-0.15, -0.1) is 0 Å². The summed E-state index contributed by atoms with van der Waals surface area (Å²) in [6.07, 6.45) is 3.40. The van der Waals surface area contributed by atoms with Gasteiger partial charge < -0.3 is 5.32 Å². The van der Waals surface area contributed by atoms with Gasteiger partial charge >= 0.3 is 0 Å². The first kappa shape index (κ1) is 15.3. The highest BCUT2D eigenvalue weighted by atomic mass is 15.1. The van der Waals surface area contributed by atoms with E-state index in [0.717, 1.165) is 40.5 Å². The highest BCUT2D eigenvalue weighted by Gasteiger charge is 2.17. The van der Waals surface area contributed by atoms with Gasteiger partial charge in [0.1, 0.15) is 18.0 Å². The molecule has 0 aliphatic carbocycles. The molecular weight excluding hydrogens is 310 g/mol. The number of aromatic nitrogens is 4. The van der Waals surface area contributed by atoms with Crippen molar-refractivity contribution in [2.45, 2.75) is 20.4 Å². The number of fused-ring (bicyclic) bond motifs is 1. The highest BCUT2D eigenvalue weighted by molar-refractivity contribution is 5.92. The first-order valence-corrected chi connectivity index (χ1v) is 8.27. The maximum atomic E-state index is 4.53. The summed E-state index contributed by atoms with van der Waals surface area (Å²) < 4.78 is 2.08. The van der Waals surface area contributed by atoms with Crippen LogP contribution < -0.4 is 5.32 Å². The van der Waals surface area contributed by atoms with Gasteiger partial charge in [0.15, 0.2) is 5.65 Å². The second-order valence-electron chi connectivity index (χ2n) is 5.99. The molecule has 5 heteroatoms. The summed E-state index contributed by atoms with van der Waals surface area (Å²) in [5.41, 5.74) is 4.38. The van der Waals surface area contributed by atoms with E-state index in [4.69, 9.17) is 0 Å². The molecule has 0 radical (unpaired) electrons. The Balaban J connectivity index is 1.80. The number of pyridine rings is 1. The second kappa shape index (κ2) is 6.36. The average Bonchev–Trinajstić information content (AvgIpc) is 2.93. The minimum atomic E-state index is 0.722. The van der Waals surface area contributed by atoms with Crippen LogP contribution in [0.15, 0.2) is 61.1 Å². The van der Waals surface area contributed by atoms with Crippen LogP contribution in [0.5, 0.6) is 0 Å². The molecule has 4 aromatic rings. The lowest BCUT2D eigenvalue weighted by molar-refractivity contribution is 0.965. The van der Waals surface area contributed by atoms with Crippen molar-refractivity contribution in [2.75, 3.05) is 5.32 Å². The molecule has 4 rings (SSSR count). The quantitative estimate of drug-likeness (QED) is 0.614. The van der Waals surface area contributed by atoms with Crippen LogP contribution in [0.2, 0.25) is 0 Å². The largest absolute Gasteiger partial charge is 0.365 e. The molecule has 0 saturated carbocycles. The number of benzene rings is 1. The number of nitrogens with zero attached hydrogens (tertiary/aromatic N) is 4. The molecule has 0 saturated heterocycles. The van der Waals surface area contributed by atoms with E-state index >= 15 is 0 Å². The first-order chi connectivity index (χ1) is 12.3. The van der Waals surface area contributed by atoms with Crippen LogP contribution in [0.4, 0.5) is 5.82 Å². The zero-order valence-electron chi connectivity index (χ0n) is 14.3. The molecular formula is C20H19N5. The summed E-state index contributed by atoms with van der Waals surface area (Å²) in [5, 5.41) is 4.50. The molecule has 0 atom stereocenters. The molecule has 0 spiro atoms. The number of rotatable bonds is 4. The first-order valence-electron chi connectivity index (χ1n) is 8.27. The Labute approximate surface area is 146 Å². The van der Waals surface area contributed by atoms with Gasteiger partial charge in [0, 0.05) is 18.4 Å². The van der Waals surface area contributed by atoms with Gasteiger partial charge in [0.25, 0.3) is 0 Å². The summed E-state index contributed by atoms with van der Waals surface area (Å²) in [7, 11) is 0. The van der Waals surface area contributed by atoms with E-state index in [1.54, 1.807) is 12.5 Å².